The molecule has 0 unspecified atom stereocenters. The molecule has 0 aliphatic heterocycles. The van der Waals surface area contributed by atoms with Crippen LogP contribution in [0.15, 0.2) is 42.7 Å². The summed E-state index contributed by atoms with van der Waals surface area (Å²) in [6.45, 7) is 1.97. The number of pyridine rings is 1. The summed E-state index contributed by atoms with van der Waals surface area (Å²) >= 11 is 6.50. The maximum atomic E-state index is 11.1. The van der Waals surface area contributed by atoms with E-state index >= 15 is 0 Å². The molecule has 0 fully saturated rings. The zero-order chi connectivity index (χ0) is 17.6. The second-order valence-electron chi connectivity index (χ2n) is 6.18. The van der Waals surface area contributed by atoms with Crippen molar-refractivity contribution in [2.24, 2.45) is 7.05 Å². The number of carbonyl (C=O) groups is 1. The van der Waals surface area contributed by atoms with Crippen LogP contribution in [0.2, 0.25) is 5.02 Å². The molecule has 0 bridgehead atoms. The molecule has 1 aromatic carbocycles. The third-order valence-electron chi connectivity index (χ3n) is 4.34. The summed E-state index contributed by atoms with van der Waals surface area (Å²) in [4.78, 5) is 19.0. The molecule has 0 aliphatic rings. The minimum Gasteiger partial charge on any atom is -0.357 e. The zero-order valence-corrected chi connectivity index (χ0v) is 14.7. The van der Waals surface area contributed by atoms with E-state index in [1.807, 2.05) is 48.3 Å². The van der Waals surface area contributed by atoms with Crippen LogP contribution in [0, 0.1) is 0 Å². The van der Waals surface area contributed by atoms with Gasteiger partial charge in [-0.2, -0.15) is 0 Å². The van der Waals surface area contributed by atoms with Gasteiger partial charge in [-0.25, -0.2) is 0 Å². The molecule has 3 heterocycles. The SMILES string of the molecule is CC(=O)NCc1cc2cc(Cl)c(-c3cc4ccn(C)c4cn3)cc2[nH]1. The van der Waals surface area contributed by atoms with Crippen molar-refractivity contribution in [3.05, 3.63) is 53.4 Å². The topological polar surface area (TPSA) is 62.7 Å². The summed E-state index contributed by atoms with van der Waals surface area (Å²) in [6, 6.07) is 10.0. The highest BCUT2D eigenvalue weighted by atomic mass is 35.5. The smallest absolute Gasteiger partial charge is 0.217 e. The predicted octanol–water partition coefficient (Wildman–Crippen LogP) is 4.01. The molecular formula is C19H17ClN4O. The van der Waals surface area contributed by atoms with Gasteiger partial charge in [-0.15, -0.1) is 0 Å². The van der Waals surface area contributed by atoms with Gasteiger partial charge in [0.1, 0.15) is 0 Å². The van der Waals surface area contributed by atoms with Crippen molar-refractivity contribution >= 4 is 39.3 Å². The number of H-pyrrole nitrogens is 1. The van der Waals surface area contributed by atoms with Crippen molar-refractivity contribution in [2.45, 2.75) is 13.5 Å². The highest BCUT2D eigenvalue weighted by Gasteiger charge is 2.11. The number of nitrogens with one attached hydrogen (secondary N) is 2. The molecule has 0 aliphatic carbocycles. The minimum atomic E-state index is -0.0576. The van der Waals surface area contributed by atoms with Gasteiger partial charge in [0.25, 0.3) is 0 Å². The highest BCUT2D eigenvalue weighted by molar-refractivity contribution is 6.34. The van der Waals surface area contributed by atoms with E-state index in [9.17, 15) is 4.79 Å². The van der Waals surface area contributed by atoms with Crippen molar-refractivity contribution in [1.82, 2.24) is 19.9 Å². The van der Waals surface area contributed by atoms with Crippen LogP contribution in [0.5, 0.6) is 0 Å². The Kier molecular flexibility index (Phi) is 3.73. The van der Waals surface area contributed by atoms with Gasteiger partial charge in [0, 0.05) is 47.7 Å². The lowest BCUT2D eigenvalue weighted by Crippen LogP contribution is -2.18. The van der Waals surface area contributed by atoms with E-state index in [2.05, 4.69) is 21.4 Å². The van der Waals surface area contributed by atoms with Gasteiger partial charge in [0.2, 0.25) is 5.91 Å². The number of nitrogens with zero attached hydrogens (tertiary/aromatic N) is 2. The molecule has 126 valence electrons. The Hall–Kier alpha value is -2.79. The first-order chi connectivity index (χ1) is 12.0. The molecule has 0 radical (unpaired) electrons. The fraction of sp³-hybridized carbons (Fsp3) is 0.158. The lowest BCUT2D eigenvalue weighted by molar-refractivity contribution is -0.119. The van der Waals surface area contributed by atoms with Crippen LogP contribution in [-0.4, -0.2) is 20.4 Å². The van der Waals surface area contributed by atoms with E-state index in [0.29, 0.717) is 11.6 Å². The first-order valence-electron chi connectivity index (χ1n) is 7.98. The van der Waals surface area contributed by atoms with Gasteiger partial charge in [-0.1, -0.05) is 11.6 Å². The number of fused-ring (bicyclic) bond motifs is 2. The number of rotatable bonds is 3. The summed E-state index contributed by atoms with van der Waals surface area (Å²) in [5.41, 5.74) is 4.70. The van der Waals surface area contributed by atoms with Crippen LogP contribution in [0.1, 0.15) is 12.6 Å². The van der Waals surface area contributed by atoms with Crippen molar-refractivity contribution in [3.63, 3.8) is 0 Å². The molecule has 0 spiro atoms. The minimum absolute atomic E-state index is 0.0576. The number of aromatic amines is 1. The summed E-state index contributed by atoms with van der Waals surface area (Å²) in [5.74, 6) is -0.0576. The van der Waals surface area contributed by atoms with Crippen LogP contribution in [-0.2, 0) is 18.4 Å². The number of hydrogen-bond donors (Lipinski definition) is 2. The van der Waals surface area contributed by atoms with E-state index in [1.165, 1.54) is 6.92 Å². The molecule has 2 N–H and O–H groups in total. The van der Waals surface area contributed by atoms with E-state index in [0.717, 1.165) is 38.8 Å². The van der Waals surface area contributed by atoms with Crippen LogP contribution in [0.25, 0.3) is 33.1 Å². The Labute approximate surface area is 149 Å². The highest BCUT2D eigenvalue weighted by Crippen LogP contribution is 2.32. The zero-order valence-electron chi connectivity index (χ0n) is 13.9. The third kappa shape index (κ3) is 2.87. The Morgan fingerprint density at radius 3 is 2.92 bits per heavy atom. The van der Waals surface area contributed by atoms with Crippen molar-refractivity contribution in [2.75, 3.05) is 0 Å². The summed E-state index contributed by atoms with van der Waals surface area (Å²) in [5, 5.41) is 5.58. The number of hydrogen-bond acceptors (Lipinski definition) is 2. The predicted molar refractivity (Wildman–Crippen MR) is 101 cm³/mol. The molecule has 4 rings (SSSR count). The maximum Gasteiger partial charge on any atom is 0.217 e. The average Bonchev–Trinajstić information content (AvgIpc) is 3.15. The molecule has 3 aromatic heterocycles. The summed E-state index contributed by atoms with van der Waals surface area (Å²) < 4.78 is 2.04. The quantitative estimate of drug-likeness (QED) is 0.585. The molecule has 0 saturated carbocycles. The summed E-state index contributed by atoms with van der Waals surface area (Å²) in [7, 11) is 2.00. The van der Waals surface area contributed by atoms with E-state index in [4.69, 9.17) is 11.6 Å². The third-order valence-corrected chi connectivity index (χ3v) is 4.65. The van der Waals surface area contributed by atoms with Crippen molar-refractivity contribution < 1.29 is 4.79 Å². The van der Waals surface area contributed by atoms with Gasteiger partial charge in [0.05, 0.1) is 29.0 Å². The Morgan fingerprint density at radius 2 is 2.12 bits per heavy atom. The standard InChI is InChI=1S/C19H17ClN4O/c1-11(25)21-9-14-5-13-6-16(20)15(8-17(13)23-14)18-7-12-3-4-24(2)19(12)10-22-18/h3-8,10,23H,9H2,1-2H3,(H,21,25). The lowest BCUT2D eigenvalue weighted by Gasteiger charge is -2.05. The van der Waals surface area contributed by atoms with E-state index < -0.39 is 0 Å². The number of halogens is 1. The Morgan fingerprint density at radius 1 is 1.28 bits per heavy atom. The number of carbonyl (C=O) groups excluding carboxylic acids is 1. The molecule has 5 nitrogen and oxygen atoms in total. The molecule has 4 aromatic rings. The monoisotopic (exact) mass is 352 g/mol. The maximum absolute atomic E-state index is 11.1. The Balaban J connectivity index is 1.77. The number of amides is 1. The lowest BCUT2D eigenvalue weighted by atomic mass is 10.1. The first kappa shape index (κ1) is 15.7. The van der Waals surface area contributed by atoms with E-state index in [1.54, 1.807) is 0 Å². The fourth-order valence-electron chi connectivity index (χ4n) is 3.04. The second-order valence-corrected chi connectivity index (χ2v) is 6.59. The summed E-state index contributed by atoms with van der Waals surface area (Å²) in [6.07, 6.45) is 3.88. The van der Waals surface area contributed by atoms with Gasteiger partial charge < -0.3 is 14.9 Å². The molecular weight excluding hydrogens is 336 g/mol. The van der Waals surface area contributed by atoms with Crippen LogP contribution in [0.3, 0.4) is 0 Å². The molecule has 1 amide bonds. The van der Waals surface area contributed by atoms with Crippen molar-refractivity contribution in [1.29, 1.82) is 0 Å². The van der Waals surface area contributed by atoms with Gasteiger partial charge in [-0.05, 0) is 30.3 Å². The van der Waals surface area contributed by atoms with Crippen LogP contribution in [0.4, 0.5) is 0 Å². The normalized spacial score (nSPS) is 11.3. The molecule has 0 saturated heterocycles. The van der Waals surface area contributed by atoms with Crippen molar-refractivity contribution in [3.8, 4) is 11.3 Å². The molecule has 25 heavy (non-hydrogen) atoms. The average molecular weight is 353 g/mol. The van der Waals surface area contributed by atoms with Gasteiger partial charge in [0.15, 0.2) is 0 Å². The number of aryl methyl sites for hydroxylation is 1. The number of benzene rings is 1. The number of aromatic nitrogens is 3. The fourth-order valence-corrected chi connectivity index (χ4v) is 3.30. The van der Waals surface area contributed by atoms with Crippen LogP contribution < -0.4 is 5.32 Å². The largest absolute Gasteiger partial charge is 0.357 e. The van der Waals surface area contributed by atoms with Gasteiger partial charge >= 0.3 is 0 Å². The Bertz CT molecular complexity index is 1110. The second kappa shape index (κ2) is 5.93. The molecule has 0 atom stereocenters. The molecule has 6 heteroatoms. The van der Waals surface area contributed by atoms with Crippen LogP contribution >= 0.6 is 11.6 Å². The van der Waals surface area contributed by atoms with E-state index in [-0.39, 0.29) is 5.91 Å². The van der Waals surface area contributed by atoms with Gasteiger partial charge in [-0.3, -0.25) is 9.78 Å². The first-order valence-corrected chi connectivity index (χ1v) is 8.36.